The Balaban J connectivity index is 1.55. The summed E-state index contributed by atoms with van der Waals surface area (Å²) in [5.74, 6) is 0. The molecule has 2 aromatic carbocycles. The van der Waals surface area contributed by atoms with Crippen molar-refractivity contribution in [2.75, 3.05) is 0 Å². The van der Waals surface area contributed by atoms with Gasteiger partial charge in [-0.05, 0) is 11.1 Å². The Kier molecular flexibility index (Phi) is 3.59. The van der Waals surface area contributed by atoms with Gasteiger partial charge in [-0.1, -0.05) is 65.8 Å². The molecule has 0 saturated heterocycles. The molecule has 1 unspecified atom stereocenters. The van der Waals surface area contributed by atoms with Crippen LogP contribution in [0.4, 0.5) is 0 Å². The Morgan fingerprint density at radius 2 is 1.53 bits per heavy atom. The first kappa shape index (κ1) is 12.0. The molecule has 1 heterocycles. The van der Waals surface area contributed by atoms with E-state index in [0.29, 0.717) is 0 Å². The van der Waals surface area contributed by atoms with E-state index >= 15 is 0 Å². The molecule has 19 heavy (non-hydrogen) atoms. The van der Waals surface area contributed by atoms with Crippen LogP contribution in [0.15, 0.2) is 65.8 Å². The molecular formula is C17H17NO. The van der Waals surface area contributed by atoms with Gasteiger partial charge >= 0.3 is 0 Å². The summed E-state index contributed by atoms with van der Waals surface area (Å²) in [5.41, 5.74) is 3.75. The zero-order valence-corrected chi connectivity index (χ0v) is 10.8. The number of hydrogen-bond donors (Lipinski definition) is 0. The Morgan fingerprint density at radius 3 is 2.21 bits per heavy atom. The normalized spacial score (nSPS) is 17.9. The fraction of sp³-hybridized carbons (Fsp3) is 0.235. The van der Waals surface area contributed by atoms with Crippen LogP contribution >= 0.6 is 0 Å². The van der Waals surface area contributed by atoms with Crippen molar-refractivity contribution < 1.29 is 4.84 Å². The van der Waals surface area contributed by atoms with E-state index in [1.165, 1.54) is 11.1 Å². The van der Waals surface area contributed by atoms with Crippen molar-refractivity contribution in [1.29, 1.82) is 0 Å². The van der Waals surface area contributed by atoms with Crippen molar-refractivity contribution in [2.24, 2.45) is 5.16 Å². The van der Waals surface area contributed by atoms with Crippen LogP contribution in [-0.4, -0.2) is 11.8 Å². The van der Waals surface area contributed by atoms with Crippen LogP contribution in [0.25, 0.3) is 0 Å². The highest BCUT2D eigenvalue weighted by molar-refractivity contribution is 5.87. The zero-order valence-electron chi connectivity index (χ0n) is 10.8. The summed E-state index contributed by atoms with van der Waals surface area (Å²) in [6.45, 7) is 0. The van der Waals surface area contributed by atoms with Crippen LogP contribution in [0.5, 0.6) is 0 Å². The van der Waals surface area contributed by atoms with Gasteiger partial charge in [0, 0.05) is 19.3 Å². The molecule has 0 saturated carbocycles. The molecule has 0 bridgehead atoms. The van der Waals surface area contributed by atoms with Gasteiger partial charge in [-0.15, -0.1) is 0 Å². The SMILES string of the molecule is c1ccc(CC2=NOC(Cc3ccccc3)C2)cc1. The molecule has 1 atom stereocenters. The summed E-state index contributed by atoms with van der Waals surface area (Å²) in [4.78, 5) is 5.53. The van der Waals surface area contributed by atoms with E-state index in [-0.39, 0.29) is 6.10 Å². The van der Waals surface area contributed by atoms with Crippen LogP contribution < -0.4 is 0 Å². The van der Waals surface area contributed by atoms with E-state index in [1.54, 1.807) is 0 Å². The monoisotopic (exact) mass is 251 g/mol. The lowest BCUT2D eigenvalue weighted by Crippen LogP contribution is -2.12. The molecule has 3 rings (SSSR count). The summed E-state index contributed by atoms with van der Waals surface area (Å²) in [6, 6.07) is 20.9. The first-order valence-corrected chi connectivity index (χ1v) is 6.69. The first-order chi connectivity index (χ1) is 9.40. The third-order valence-electron chi connectivity index (χ3n) is 3.35. The second-order valence-electron chi connectivity index (χ2n) is 4.94. The van der Waals surface area contributed by atoms with Crippen LogP contribution in [0, 0.1) is 0 Å². The standard InChI is InChI=1S/C17H17NO/c1-3-7-14(8-4-1)11-16-13-17(19-18-16)12-15-9-5-2-6-10-15/h1-10,17H,11-13H2. The van der Waals surface area contributed by atoms with Gasteiger partial charge in [0.1, 0.15) is 6.10 Å². The van der Waals surface area contributed by atoms with Gasteiger partial charge in [-0.25, -0.2) is 0 Å². The largest absolute Gasteiger partial charge is 0.392 e. The van der Waals surface area contributed by atoms with Gasteiger partial charge in [0.05, 0.1) is 5.71 Å². The van der Waals surface area contributed by atoms with Crippen LogP contribution in [-0.2, 0) is 17.7 Å². The quantitative estimate of drug-likeness (QED) is 0.813. The maximum absolute atomic E-state index is 5.53. The predicted octanol–water partition coefficient (Wildman–Crippen LogP) is 3.62. The number of oxime groups is 1. The second-order valence-corrected chi connectivity index (χ2v) is 4.94. The van der Waals surface area contributed by atoms with E-state index in [9.17, 15) is 0 Å². The zero-order chi connectivity index (χ0) is 12.9. The highest BCUT2D eigenvalue weighted by Gasteiger charge is 2.21. The molecule has 0 radical (unpaired) electrons. The van der Waals surface area contributed by atoms with E-state index in [1.807, 2.05) is 12.1 Å². The van der Waals surface area contributed by atoms with Gasteiger partial charge in [-0.2, -0.15) is 0 Å². The van der Waals surface area contributed by atoms with E-state index in [2.05, 4.69) is 53.7 Å². The molecule has 0 spiro atoms. The molecule has 1 aliphatic rings. The number of hydrogen-bond acceptors (Lipinski definition) is 2. The topological polar surface area (TPSA) is 21.6 Å². The van der Waals surface area contributed by atoms with Gasteiger partial charge in [0.25, 0.3) is 0 Å². The Labute approximate surface area is 113 Å². The number of rotatable bonds is 4. The molecule has 0 N–H and O–H groups in total. The van der Waals surface area contributed by atoms with Crippen LogP contribution in [0.3, 0.4) is 0 Å². The van der Waals surface area contributed by atoms with Gasteiger partial charge in [-0.3, -0.25) is 0 Å². The van der Waals surface area contributed by atoms with E-state index < -0.39 is 0 Å². The van der Waals surface area contributed by atoms with Crippen molar-refractivity contribution in [1.82, 2.24) is 0 Å². The van der Waals surface area contributed by atoms with Crippen LogP contribution in [0.2, 0.25) is 0 Å². The lowest BCUT2D eigenvalue weighted by atomic mass is 10.0. The van der Waals surface area contributed by atoms with Crippen molar-refractivity contribution in [3.63, 3.8) is 0 Å². The molecule has 0 amide bonds. The van der Waals surface area contributed by atoms with Crippen molar-refractivity contribution >= 4 is 5.71 Å². The highest BCUT2D eigenvalue weighted by Crippen LogP contribution is 2.18. The lowest BCUT2D eigenvalue weighted by Gasteiger charge is -2.07. The average Bonchev–Trinajstić information content (AvgIpc) is 2.88. The van der Waals surface area contributed by atoms with Crippen LogP contribution in [0.1, 0.15) is 17.5 Å². The summed E-state index contributed by atoms with van der Waals surface area (Å²) in [6.07, 6.45) is 2.96. The first-order valence-electron chi connectivity index (χ1n) is 6.69. The summed E-state index contributed by atoms with van der Waals surface area (Å²) < 4.78 is 0. The number of benzene rings is 2. The van der Waals surface area contributed by atoms with Gasteiger partial charge in [0.2, 0.25) is 0 Å². The van der Waals surface area contributed by atoms with Gasteiger partial charge < -0.3 is 4.84 Å². The highest BCUT2D eigenvalue weighted by atomic mass is 16.6. The minimum atomic E-state index is 0.195. The fourth-order valence-corrected chi connectivity index (χ4v) is 2.41. The second kappa shape index (κ2) is 5.70. The Hall–Kier alpha value is -2.09. The molecule has 0 fully saturated rings. The summed E-state index contributed by atoms with van der Waals surface area (Å²) in [5, 5.41) is 4.23. The third kappa shape index (κ3) is 3.22. The molecule has 0 aromatic heterocycles. The molecule has 2 nitrogen and oxygen atoms in total. The summed E-state index contributed by atoms with van der Waals surface area (Å²) in [7, 11) is 0. The van der Waals surface area contributed by atoms with Crippen molar-refractivity contribution in [2.45, 2.75) is 25.4 Å². The fourth-order valence-electron chi connectivity index (χ4n) is 2.41. The maximum Gasteiger partial charge on any atom is 0.136 e. The molecule has 1 aliphatic heterocycles. The predicted molar refractivity (Wildman–Crippen MR) is 77.2 cm³/mol. The molecular weight excluding hydrogens is 234 g/mol. The van der Waals surface area contributed by atoms with E-state index in [0.717, 1.165) is 25.0 Å². The van der Waals surface area contributed by atoms with Crippen molar-refractivity contribution in [3.8, 4) is 0 Å². The number of nitrogens with zero attached hydrogens (tertiary/aromatic N) is 1. The Morgan fingerprint density at radius 1 is 0.895 bits per heavy atom. The molecule has 2 aromatic rings. The average molecular weight is 251 g/mol. The maximum atomic E-state index is 5.53. The molecule has 0 aliphatic carbocycles. The van der Waals surface area contributed by atoms with Crippen molar-refractivity contribution in [3.05, 3.63) is 71.8 Å². The summed E-state index contributed by atoms with van der Waals surface area (Å²) >= 11 is 0. The lowest BCUT2D eigenvalue weighted by molar-refractivity contribution is 0.0859. The molecule has 96 valence electrons. The van der Waals surface area contributed by atoms with Gasteiger partial charge in [0.15, 0.2) is 0 Å². The molecule has 2 heteroatoms. The Bertz CT molecular complexity index is 548. The third-order valence-corrected chi connectivity index (χ3v) is 3.35. The minimum Gasteiger partial charge on any atom is -0.392 e. The minimum absolute atomic E-state index is 0.195. The van der Waals surface area contributed by atoms with E-state index in [4.69, 9.17) is 4.84 Å². The smallest absolute Gasteiger partial charge is 0.136 e.